The largest absolute Gasteiger partial charge is 0.352 e. The fourth-order valence-corrected chi connectivity index (χ4v) is 0.658. The first-order valence-electron chi connectivity index (χ1n) is 2.73. The zero-order chi connectivity index (χ0) is 6.57. The Balaban J connectivity index is 3.17. The van der Waals surface area contributed by atoms with Gasteiger partial charge in [0.05, 0.1) is 6.10 Å². The molecule has 0 heterocycles. The van der Waals surface area contributed by atoms with E-state index in [9.17, 15) is 0 Å². The van der Waals surface area contributed by atoms with E-state index in [1.807, 2.05) is 6.92 Å². The Morgan fingerprint density at radius 1 is 1.38 bits per heavy atom. The van der Waals surface area contributed by atoms with Gasteiger partial charge in [0.2, 0.25) is 0 Å². The highest BCUT2D eigenvalue weighted by atomic mass is 31.1. The number of rotatable bonds is 3. The molecule has 0 saturated carbocycles. The molecule has 8 heavy (non-hydrogen) atoms. The van der Waals surface area contributed by atoms with Crippen LogP contribution in [0.15, 0.2) is 0 Å². The maximum absolute atomic E-state index is 8.29. The van der Waals surface area contributed by atoms with Crippen LogP contribution in [0.2, 0.25) is 0 Å². The third-order valence-corrected chi connectivity index (χ3v) is 1.65. The molecule has 0 aliphatic heterocycles. The van der Waals surface area contributed by atoms with E-state index in [-0.39, 0.29) is 15.1 Å². The Kier molecular flexibility index (Phi) is 4.44. The number of hydrogen-bond acceptors (Lipinski definition) is 2. The van der Waals surface area contributed by atoms with Crippen LogP contribution in [-0.2, 0) is 4.52 Å². The first kappa shape index (κ1) is 8.35. The van der Waals surface area contributed by atoms with Crippen molar-refractivity contribution in [3.8, 4) is 0 Å². The summed E-state index contributed by atoms with van der Waals surface area (Å²) in [5.74, 6) is 0.495. The van der Waals surface area contributed by atoms with E-state index in [0.717, 1.165) is 0 Å². The van der Waals surface area contributed by atoms with Gasteiger partial charge in [-0.05, 0) is 12.8 Å². The minimum Gasteiger partial charge on any atom is -0.352 e. The Labute approximate surface area is 52.2 Å². The maximum atomic E-state index is 8.29. The summed E-state index contributed by atoms with van der Waals surface area (Å²) in [5.41, 5.74) is 0. The zero-order valence-electron chi connectivity index (χ0n) is 5.51. The molecule has 0 aromatic carbocycles. The van der Waals surface area contributed by atoms with E-state index in [1.54, 1.807) is 0 Å². The van der Waals surface area contributed by atoms with Crippen molar-refractivity contribution in [2.45, 2.75) is 26.9 Å². The van der Waals surface area contributed by atoms with Gasteiger partial charge in [-0.15, -0.1) is 0 Å². The molecule has 2 atom stereocenters. The van der Waals surface area contributed by atoms with E-state index in [2.05, 4.69) is 13.8 Å². The van der Waals surface area contributed by atoms with Crippen molar-refractivity contribution >= 4 is 9.03 Å². The fourth-order valence-electron chi connectivity index (χ4n) is 0.219. The third-order valence-electron chi connectivity index (χ3n) is 1.18. The molecule has 0 aliphatic rings. The molecule has 1 N–H and O–H groups in total. The molecule has 0 amide bonds. The summed E-state index contributed by atoms with van der Waals surface area (Å²) >= 11 is 0. The molecular weight excluding hydrogens is 123 g/mol. The minimum atomic E-state index is -0.369. The first-order chi connectivity index (χ1) is 3.68. The topological polar surface area (TPSA) is 29.5 Å². The molecule has 0 spiro atoms. The van der Waals surface area contributed by atoms with Crippen molar-refractivity contribution in [3.63, 3.8) is 0 Å². The lowest BCUT2D eigenvalue weighted by Gasteiger charge is -2.12. The molecule has 3 heteroatoms. The predicted molar refractivity (Wildman–Crippen MR) is 35.9 cm³/mol. The van der Waals surface area contributed by atoms with Crippen LogP contribution in [0, 0.1) is 5.92 Å². The van der Waals surface area contributed by atoms with Gasteiger partial charge in [-0.3, -0.25) is 0 Å². The van der Waals surface area contributed by atoms with Crippen molar-refractivity contribution in [2.24, 2.45) is 5.92 Å². The summed E-state index contributed by atoms with van der Waals surface area (Å²) in [6.45, 7) is 6.07. The normalized spacial score (nSPS) is 16.1. The summed E-state index contributed by atoms with van der Waals surface area (Å²) in [5, 5.41) is 0. The Hall–Kier alpha value is 0.350. The summed E-state index contributed by atoms with van der Waals surface area (Å²) in [6, 6.07) is 0. The van der Waals surface area contributed by atoms with Crippen molar-refractivity contribution in [3.05, 3.63) is 0 Å². The molecule has 0 saturated heterocycles. The molecular formula is C5H13O2P. The Bertz CT molecular complexity index is 56.4. The molecule has 2 unspecified atom stereocenters. The van der Waals surface area contributed by atoms with Gasteiger partial charge in [0.25, 0.3) is 0 Å². The summed E-state index contributed by atoms with van der Waals surface area (Å²) in [4.78, 5) is 8.29. The molecule has 0 aliphatic carbocycles. The predicted octanol–water partition coefficient (Wildman–Crippen LogP) is 1.55. The van der Waals surface area contributed by atoms with Gasteiger partial charge in [0.1, 0.15) is 0 Å². The van der Waals surface area contributed by atoms with E-state index >= 15 is 0 Å². The van der Waals surface area contributed by atoms with Crippen LogP contribution in [0.1, 0.15) is 20.8 Å². The lowest BCUT2D eigenvalue weighted by molar-refractivity contribution is 0.181. The lowest BCUT2D eigenvalue weighted by Crippen LogP contribution is -2.10. The molecule has 50 valence electrons. The highest BCUT2D eigenvalue weighted by molar-refractivity contribution is 7.25. The first-order valence-corrected chi connectivity index (χ1v) is 3.58. The molecule has 0 fully saturated rings. The second-order valence-electron chi connectivity index (χ2n) is 2.16. The third kappa shape index (κ3) is 3.36. The second kappa shape index (κ2) is 4.25. The van der Waals surface area contributed by atoms with E-state index in [0.29, 0.717) is 5.92 Å². The fraction of sp³-hybridized carbons (Fsp3) is 1.00. The smallest absolute Gasteiger partial charge is 0.152 e. The van der Waals surface area contributed by atoms with Crippen LogP contribution >= 0.6 is 9.03 Å². The zero-order valence-corrected chi connectivity index (χ0v) is 6.51. The van der Waals surface area contributed by atoms with E-state index in [4.69, 9.17) is 9.42 Å². The Morgan fingerprint density at radius 3 is 2.00 bits per heavy atom. The van der Waals surface area contributed by atoms with Crippen LogP contribution < -0.4 is 0 Å². The molecule has 0 radical (unpaired) electrons. The molecule has 2 nitrogen and oxygen atoms in total. The van der Waals surface area contributed by atoms with E-state index in [1.165, 1.54) is 0 Å². The van der Waals surface area contributed by atoms with Gasteiger partial charge in [-0.1, -0.05) is 13.8 Å². The van der Waals surface area contributed by atoms with Gasteiger partial charge < -0.3 is 9.42 Å². The molecule has 0 aromatic rings. The average Bonchev–Trinajstić information content (AvgIpc) is 1.67. The quantitative estimate of drug-likeness (QED) is 0.596. The second-order valence-corrected chi connectivity index (χ2v) is 2.58. The van der Waals surface area contributed by atoms with Crippen LogP contribution in [0.4, 0.5) is 0 Å². The minimum absolute atomic E-state index is 0.179. The van der Waals surface area contributed by atoms with Crippen LogP contribution in [0.25, 0.3) is 0 Å². The summed E-state index contributed by atoms with van der Waals surface area (Å²) in [7, 11) is -0.369. The van der Waals surface area contributed by atoms with Crippen molar-refractivity contribution < 1.29 is 9.42 Å². The van der Waals surface area contributed by atoms with Gasteiger partial charge >= 0.3 is 0 Å². The average molecular weight is 136 g/mol. The van der Waals surface area contributed by atoms with Crippen molar-refractivity contribution in [2.75, 3.05) is 0 Å². The van der Waals surface area contributed by atoms with Gasteiger partial charge in [-0.25, -0.2) is 0 Å². The van der Waals surface area contributed by atoms with Gasteiger partial charge in [-0.2, -0.15) is 0 Å². The highest BCUT2D eigenvalue weighted by Gasteiger charge is 2.04. The molecule has 0 aromatic heterocycles. The lowest BCUT2D eigenvalue weighted by atomic mass is 10.1. The van der Waals surface area contributed by atoms with Crippen molar-refractivity contribution in [1.29, 1.82) is 0 Å². The van der Waals surface area contributed by atoms with E-state index < -0.39 is 0 Å². The van der Waals surface area contributed by atoms with Gasteiger partial charge in [0, 0.05) is 0 Å². The van der Waals surface area contributed by atoms with Crippen molar-refractivity contribution in [1.82, 2.24) is 0 Å². The standard InChI is InChI=1S/C5H13O2P/c1-4(2)5(3)7-8-6/h4-6,8H,1-3H3. The van der Waals surface area contributed by atoms with Crippen LogP contribution in [0.3, 0.4) is 0 Å². The maximum Gasteiger partial charge on any atom is 0.152 e. The van der Waals surface area contributed by atoms with Crippen LogP contribution in [-0.4, -0.2) is 11.0 Å². The SMILES string of the molecule is CC(C)C(C)OPO. The molecule has 0 rings (SSSR count). The number of hydrogen-bond donors (Lipinski definition) is 1. The summed E-state index contributed by atoms with van der Waals surface area (Å²) in [6.07, 6.45) is 0.179. The van der Waals surface area contributed by atoms with Crippen LogP contribution in [0.5, 0.6) is 0 Å². The molecule has 0 bridgehead atoms. The Morgan fingerprint density at radius 2 is 1.88 bits per heavy atom. The highest BCUT2D eigenvalue weighted by Crippen LogP contribution is 2.14. The van der Waals surface area contributed by atoms with Gasteiger partial charge in [0.15, 0.2) is 9.03 Å². The monoisotopic (exact) mass is 136 g/mol. The summed E-state index contributed by atoms with van der Waals surface area (Å²) < 4.78 is 4.89.